The monoisotopic (exact) mass is 295 g/mol. The van der Waals surface area contributed by atoms with E-state index in [2.05, 4.69) is 54.1 Å². The van der Waals surface area contributed by atoms with E-state index in [1.807, 2.05) is 0 Å². The van der Waals surface area contributed by atoms with Crippen LogP contribution in [0.15, 0.2) is 30.3 Å². The minimum Gasteiger partial charge on any atom is -0.356 e. The number of hydrogen-bond donors (Lipinski definition) is 0. The first-order valence-corrected chi connectivity index (χ1v) is 8.45. The molecule has 3 heteroatoms. The molecule has 2 aliphatic rings. The molecule has 0 unspecified atom stereocenters. The van der Waals surface area contributed by atoms with Gasteiger partial charge in [0.15, 0.2) is 0 Å². The number of benzene rings is 1. The van der Waals surface area contributed by atoms with Crippen molar-refractivity contribution in [2.45, 2.75) is 26.2 Å². The van der Waals surface area contributed by atoms with Crippen molar-refractivity contribution >= 4 is 16.7 Å². The molecule has 0 radical (unpaired) electrons. The average molecular weight is 295 g/mol. The quantitative estimate of drug-likeness (QED) is 0.803. The highest BCUT2D eigenvalue weighted by molar-refractivity contribution is 5.83. The van der Waals surface area contributed by atoms with E-state index in [1.54, 1.807) is 0 Å². The largest absolute Gasteiger partial charge is 0.356 e. The summed E-state index contributed by atoms with van der Waals surface area (Å²) in [7, 11) is 2.26. The van der Waals surface area contributed by atoms with E-state index in [4.69, 9.17) is 4.98 Å². The van der Waals surface area contributed by atoms with Crippen molar-refractivity contribution in [2.24, 2.45) is 5.41 Å². The van der Waals surface area contributed by atoms with Gasteiger partial charge in [-0.15, -0.1) is 0 Å². The molecule has 2 aromatic rings. The van der Waals surface area contributed by atoms with Crippen LogP contribution in [0.3, 0.4) is 0 Å². The van der Waals surface area contributed by atoms with E-state index in [-0.39, 0.29) is 0 Å². The normalized spacial score (nSPS) is 26.2. The first-order valence-electron chi connectivity index (χ1n) is 8.45. The van der Waals surface area contributed by atoms with Crippen LogP contribution in [0.1, 0.15) is 24.8 Å². The number of hydrogen-bond acceptors (Lipinski definition) is 3. The number of fused-ring (bicyclic) bond motifs is 1. The van der Waals surface area contributed by atoms with Gasteiger partial charge >= 0.3 is 0 Å². The summed E-state index contributed by atoms with van der Waals surface area (Å²) < 4.78 is 0. The van der Waals surface area contributed by atoms with E-state index < -0.39 is 0 Å². The smallest absolute Gasteiger partial charge is 0.129 e. The van der Waals surface area contributed by atoms with Gasteiger partial charge in [0.25, 0.3) is 0 Å². The summed E-state index contributed by atoms with van der Waals surface area (Å²) in [6.07, 6.45) is 4.01. The maximum atomic E-state index is 4.95. The molecule has 116 valence electrons. The fourth-order valence-electron chi connectivity index (χ4n) is 4.39. The Morgan fingerprint density at radius 3 is 2.77 bits per heavy atom. The van der Waals surface area contributed by atoms with Gasteiger partial charge in [-0.3, -0.25) is 0 Å². The molecule has 0 N–H and O–H groups in total. The van der Waals surface area contributed by atoms with E-state index >= 15 is 0 Å². The minimum absolute atomic E-state index is 0.494. The van der Waals surface area contributed by atoms with Gasteiger partial charge in [0.05, 0.1) is 5.52 Å². The summed E-state index contributed by atoms with van der Waals surface area (Å²) in [5.74, 6) is 1.17. The zero-order valence-corrected chi connectivity index (χ0v) is 13.7. The van der Waals surface area contributed by atoms with E-state index in [9.17, 15) is 0 Å². The Kier molecular flexibility index (Phi) is 3.33. The average Bonchev–Trinajstić information content (AvgIpc) is 2.87. The molecule has 0 saturated carbocycles. The number of para-hydroxylation sites is 1. The number of anilines is 1. The van der Waals surface area contributed by atoms with Gasteiger partial charge in [-0.25, -0.2) is 4.98 Å². The highest BCUT2D eigenvalue weighted by Crippen LogP contribution is 2.39. The Bertz CT molecular complexity index is 692. The Labute approximate surface area is 132 Å². The second-order valence-electron chi connectivity index (χ2n) is 7.33. The Morgan fingerprint density at radius 1 is 1.09 bits per heavy atom. The molecule has 2 fully saturated rings. The lowest BCUT2D eigenvalue weighted by Crippen LogP contribution is -2.45. The number of aryl methyl sites for hydroxylation is 1. The number of rotatable bonds is 1. The maximum absolute atomic E-state index is 4.95. The molecule has 1 atom stereocenters. The molecule has 0 aliphatic carbocycles. The standard InChI is InChI=1S/C19H25N3/c1-15-12-18(20-17-7-4-3-6-16(15)17)22-10-5-8-19(14-22)9-11-21(2)13-19/h3-4,6-7,12H,5,8-11,13-14H2,1-2H3/t19-/m0/s1. The van der Waals surface area contributed by atoms with Gasteiger partial charge in [-0.1, -0.05) is 18.2 Å². The van der Waals surface area contributed by atoms with Crippen molar-refractivity contribution in [3.8, 4) is 0 Å². The van der Waals surface area contributed by atoms with Crippen molar-refractivity contribution in [3.63, 3.8) is 0 Å². The van der Waals surface area contributed by atoms with Gasteiger partial charge in [-0.05, 0) is 57.5 Å². The zero-order valence-electron chi connectivity index (χ0n) is 13.7. The van der Waals surface area contributed by atoms with Gasteiger partial charge in [-0.2, -0.15) is 0 Å². The van der Waals surface area contributed by atoms with Gasteiger partial charge < -0.3 is 9.80 Å². The second kappa shape index (κ2) is 5.24. The number of nitrogens with zero attached hydrogens (tertiary/aromatic N) is 3. The molecule has 2 aliphatic heterocycles. The van der Waals surface area contributed by atoms with E-state index in [0.717, 1.165) is 12.1 Å². The highest BCUT2D eigenvalue weighted by atomic mass is 15.2. The van der Waals surface area contributed by atoms with Crippen LogP contribution in [0.4, 0.5) is 5.82 Å². The third-order valence-corrected chi connectivity index (χ3v) is 5.52. The lowest BCUT2D eigenvalue weighted by atomic mass is 9.79. The number of piperidine rings is 1. The molecule has 2 saturated heterocycles. The second-order valence-corrected chi connectivity index (χ2v) is 7.33. The molecule has 4 rings (SSSR count). The van der Waals surface area contributed by atoms with Crippen LogP contribution in [-0.4, -0.2) is 43.1 Å². The van der Waals surface area contributed by atoms with Crippen LogP contribution in [0.2, 0.25) is 0 Å². The molecule has 22 heavy (non-hydrogen) atoms. The minimum atomic E-state index is 0.494. The Balaban J connectivity index is 1.66. The summed E-state index contributed by atoms with van der Waals surface area (Å²) in [6.45, 7) is 7.02. The van der Waals surface area contributed by atoms with Gasteiger partial charge in [0.2, 0.25) is 0 Å². The third kappa shape index (κ3) is 2.38. The lowest BCUT2D eigenvalue weighted by molar-refractivity contribution is 0.233. The van der Waals surface area contributed by atoms with Crippen molar-refractivity contribution in [2.75, 3.05) is 38.1 Å². The molecule has 3 heterocycles. The third-order valence-electron chi connectivity index (χ3n) is 5.52. The van der Waals surface area contributed by atoms with Gasteiger partial charge in [0.1, 0.15) is 5.82 Å². The summed E-state index contributed by atoms with van der Waals surface area (Å²) in [5, 5.41) is 1.28. The summed E-state index contributed by atoms with van der Waals surface area (Å²) in [6, 6.07) is 10.8. The molecule has 0 bridgehead atoms. The van der Waals surface area contributed by atoms with Crippen molar-refractivity contribution in [1.29, 1.82) is 0 Å². The maximum Gasteiger partial charge on any atom is 0.129 e. The van der Waals surface area contributed by atoms with Crippen LogP contribution in [0.5, 0.6) is 0 Å². The molecule has 3 nitrogen and oxygen atoms in total. The summed E-state index contributed by atoms with van der Waals surface area (Å²) in [4.78, 5) is 9.96. The zero-order chi connectivity index (χ0) is 15.2. The van der Waals surface area contributed by atoms with Crippen molar-refractivity contribution < 1.29 is 0 Å². The number of aromatic nitrogens is 1. The van der Waals surface area contributed by atoms with Crippen molar-refractivity contribution in [1.82, 2.24) is 9.88 Å². The molecule has 1 aromatic heterocycles. The SMILES string of the molecule is Cc1cc(N2CCC[C@@]3(CCN(C)C3)C2)nc2ccccc12. The highest BCUT2D eigenvalue weighted by Gasteiger charge is 2.40. The Morgan fingerprint density at radius 2 is 1.95 bits per heavy atom. The molecular weight excluding hydrogens is 270 g/mol. The molecule has 0 amide bonds. The molecule has 1 aromatic carbocycles. The van der Waals surface area contributed by atoms with Crippen LogP contribution in [0, 0.1) is 12.3 Å². The fourth-order valence-corrected chi connectivity index (χ4v) is 4.39. The van der Waals surface area contributed by atoms with Crippen LogP contribution in [-0.2, 0) is 0 Å². The number of pyridine rings is 1. The van der Waals surface area contributed by atoms with E-state index in [0.29, 0.717) is 5.41 Å². The van der Waals surface area contributed by atoms with Crippen LogP contribution >= 0.6 is 0 Å². The predicted molar refractivity (Wildman–Crippen MR) is 92.5 cm³/mol. The topological polar surface area (TPSA) is 19.4 Å². The Hall–Kier alpha value is -1.61. The predicted octanol–water partition coefficient (Wildman–Crippen LogP) is 3.47. The van der Waals surface area contributed by atoms with E-state index in [1.165, 1.54) is 55.7 Å². The van der Waals surface area contributed by atoms with Crippen molar-refractivity contribution in [3.05, 3.63) is 35.9 Å². The summed E-state index contributed by atoms with van der Waals surface area (Å²) >= 11 is 0. The van der Waals surface area contributed by atoms with Gasteiger partial charge in [0, 0.05) is 30.4 Å². The first-order chi connectivity index (χ1) is 10.7. The van der Waals surface area contributed by atoms with Crippen LogP contribution < -0.4 is 4.90 Å². The number of likely N-dealkylation sites (tertiary alicyclic amines) is 1. The summed E-state index contributed by atoms with van der Waals surface area (Å²) in [5.41, 5.74) is 2.96. The fraction of sp³-hybridized carbons (Fsp3) is 0.526. The molecule has 1 spiro atoms. The lowest BCUT2D eigenvalue weighted by Gasteiger charge is -2.41. The van der Waals surface area contributed by atoms with Crippen LogP contribution in [0.25, 0.3) is 10.9 Å². The first kappa shape index (κ1) is 14.0. The molecular formula is C19H25N3.